The Kier molecular flexibility index (Phi) is 6.45. The maximum atomic E-state index is 13.0. The van der Waals surface area contributed by atoms with Gasteiger partial charge in [-0.05, 0) is 55.3 Å². The molecular weight excluding hydrogens is 462 g/mol. The number of nitrogens with zero attached hydrogens (tertiary/aromatic N) is 2. The van der Waals surface area contributed by atoms with E-state index in [9.17, 15) is 16.8 Å². The summed E-state index contributed by atoms with van der Waals surface area (Å²) in [4.78, 5) is 2.14. The summed E-state index contributed by atoms with van der Waals surface area (Å²) in [6, 6.07) is 10.4. The second-order valence-electron chi connectivity index (χ2n) is 7.45. The van der Waals surface area contributed by atoms with Crippen molar-refractivity contribution in [3.63, 3.8) is 0 Å². The number of sulfonamides is 2. The molecule has 8 nitrogen and oxygen atoms in total. The standard InChI is InChI=1S/C20H24ClN3O5S2/c21-16-3-8-20(23-9-1-2-10-23)19(15-16)22-30(25,26)17-4-6-18(7-5-17)31(27,28)24-11-13-29-14-12-24/h3-8,15,22H,1-2,9-14H2. The smallest absolute Gasteiger partial charge is 0.261 e. The van der Waals surface area contributed by atoms with E-state index >= 15 is 0 Å². The van der Waals surface area contributed by atoms with E-state index < -0.39 is 20.0 Å². The third-order valence-corrected chi connectivity index (χ3v) is 8.92. The fourth-order valence-electron chi connectivity index (χ4n) is 3.75. The monoisotopic (exact) mass is 485 g/mol. The average molecular weight is 486 g/mol. The van der Waals surface area contributed by atoms with Crippen molar-refractivity contribution < 1.29 is 21.6 Å². The summed E-state index contributed by atoms with van der Waals surface area (Å²) in [5.74, 6) is 0. The Bertz CT molecular complexity index is 1140. The van der Waals surface area contributed by atoms with Crippen molar-refractivity contribution in [3.05, 3.63) is 47.5 Å². The molecule has 2 fully saturated rings. The fourth-order valence-corrected chi connectivity index (χ4v) is 6.40. The van der Waals surface area contributed by atoms with Gasteiger partial charge in [-0.3, -0.25) is 4.72 Å². The van der Waals surface area contributed by atoms with Gasteiger partial charge in [-0.15, -0.1) is 0 Å². The molecule has 0 saturated carbocycles. The Morgan fingerprint density at radius 2 is 1.45 bits per heavy atom. The molecule has 4 rings (SSSR count). The zero-order chi connectivity index (χ0) is 22.1. The van der Waals surface area contributed by atoms with E-state index in [1.807, 2.05) is 6.07 Å². The Hall–Kier alpha value is -1.85. The van der Waals surface area contributed by atoms with Crippen molar-refractivity contribution in [3.8, 4) is 0 Å². The number of morpholine rings is 1. The van der Waals surface area contributed by atoms with E-state index in [0.29, 0.717) is 23.9 Å². The topological polar surface area (TPSA) is 96.0 Å². The lowest BCUT2D eigenvalue weighted by molar-refractivity contribution is 0.0730. The van der Waals surface area contributed by atoms with Crippen LogP contribution >= 0.6 is 11.6 Å². The van der Waals surface area contributed by atoms with E-state index in [1.165, 1.54) is 28.6 Å². The third kappa shape index (κ3) is 4.83. The van der Waals surface area contributed by atoms with Crippen LogP contribution in [-0.4, -0.2) is 60.5 Å². The molecule has 2 heterocycles. The zero-order valence-corrected chi connectivity index (χ0v) is 19.2. The molecule has 0 radical (unpaired) electrons. The number of ether oxygens (including phenoxy) is 1. The van der Waals surface area contributed by atoms with Gasteiger partial charge in [0.1, 0.15) is 0 Å². The minimum Gasteiger partial charge on any atom is -0.379 e. The van der Waals surface area contributed by atoms with Crippen LogP contribution in [0.15, 0.2) is 52.3 Å². The highest BCUT2D eigenvalue weighted by Gasteiger charge is 2.27. The first-order valence-corrected chi connectivity index (χ1v) is 13.3. The van der Waals surface area contributed by atoms with Gasteiger partial charge in [0, 0.05) is 31.2 Å². The van der Waals surface area contributed by atoms with E-state index in [1.54, 1.807) is 12.1 Å². The van der Waals surface area contributed by atoms with E-state index in [4.69, 9.17) is 16.3 Å². The van der Waals surface area contributed by atoms with Crippen LogP contribution in [-0.2, 0) is 24.8 Å². The van der Waals surface area contributed by atoms with Crippen molar-refractivity contribution in [2.45, 2.75) is 22.6 Å². The highest BCUT2D eigenvalue weighted by atomic mass is 35.5. The molecule has 0 aromatic heterocycles. The van der Waals surface area contributed by atoms with E-state index in [2.05, 4.69) is 9.62 Å². The van der Waals surface area contributed by atoms with Crippen molar-refractivity contribution in [2.75, 3.05) is 49.0 Å². The van der Waals surface area contributed by atoms with E-state index in [0.717, 1.165) is 31.6 Å². The maximum Gasteiger partial charge on any atom is 0.261 e. The number of halogens is 1. The molecule has 2 aliphatic rings. The van der Waals surface area contributed by atoms with Gasteiger partial charge in [0.25, 0.3) is 10.0 Å². The van der Waals surface area contributed by atoms with Gasteiger partial charge in [-0.2, -0.15) is 4.31 Å². The minimum atomic E-state index is -3.93. The molecule has 1 N–H and O–H groups in total. The summed E-state index contributed by atoms with van der Waals surface area (Å²) in [6.45, 7) is 2.94. The first-order chi connectivity index (χ1) is 14.8. The van der Waals surface area contributed by atoms with Crippen LogP contribution in [0.5, 0.6) is 0 Å². The first kappa shape index (κ1) is 22.3. The number of nitrogens with one attached hydrogen (secondary N) is 1. The molecule has 2 aromatic rings. The quantitative estimate of drug-likeness (QED) is 0.675. The minimum absolute atomic E-state index is 0.0271. The molecule has 0 amide bonds. The van der Waals surface area contributed by atoms with Gasteiger partial charge >= 0.3 is 0 Å². The summed E-state index contributed by atoms with van der Waals surface area (Å²) >= 11 is 6.11. The second-order valence-corrected chi connectivity index (χ2v) is 11.5. The van der Waals surface area contributed by atoms with Gasteiger partial charge in [0.15, 0.2) is 0 Å². The van der Waals surface area contributed by atoms with Crippen molar-refractivity contribution in [2.24, 2.45) is 0 Å². The van der Waals surface area contributed by atoms with Gasteiger partial charge in [-0.1, -0.05) is 11.6 Å². The Morgan fingerprint density at radius 3 is 2.10 bits per heavy atom. The number of hydrogen-bond acceptors (Lipinski definition) is 6. The van der Waals surface area contributed by atoms with Crippen molar-refractivity contribution >= 4 is 43.0 Å². The van der Waals surface area contributed by atoms with Crippen LogP contribution < -0.4 is 9.62 Å². The summed E-state index contributed by atoms with van der Waals surface area (Å²) in [7, 11) is -7.63. The SMILES string of the molecule is O=S(=O)(Nc1cc(Cl)ccc1N1CCCC1)c1ccc(S(=O)(=O)N2CCOCC2)cc1. The van der Waals surface area contributed by atoms with Crippen LogP contribution in [0, 0.1) is 0 Å². The predicted octanol–water partition coefficient (Wildman–Crippen LogP) is 2.76. The molecule has 11 heteroatoms. The van der Waals surface area contributed by atoms with E-state index in [-0.39, 0.29) is 22.9 Å². The highest BCUT2D eigenvalue weighted by Crippen LogP contribution is 2.33. The molecule has 0 aliphatic carbocycles. The van der Waals surface area contributed by atoms with Crippen LogP contribution in [0.1, 0.15) is 12.8 Å². The summed E-state index contributed by atoms with van der Waals surface area (Å²) in [6.07, 6.45) is 2.10. The normalized spacial score (nSPS) is 18.3. The fraction of sp³-hybridized carbons (Fsp3) is 0.400. The molecule has 0 atom stereocenters. The summed E-state index contributed by atoms with van der Waals surface area (Å²) in [5.41, 5.74) is 1.18. The lowest BCUT2D eigenvalue weighted by Gasteiger charge is -2.26. The molecule has 0 spiro atoms. The molecule has 31 heavy (non-hydrogen) atoms. The molecule has 0 bridgehead atoms. The Morgan fingerprint density at radius 1 is 0.839 bits per heavy atom. The molecule has 2 aliphatic heterocycles. The molecule has 0 unspecified atom stereocenters. The van der Waals surface area contributed by atoms with Gasteiger partial charge in [0.05, 0.1) is 34.4 Å². The summed E-state index contributed by atoms with van der Waals surface area (Å²) in [5, 5.41) is 0.424. The van der Waals surface area contributed by atoms with Gasteiger partial charge in [-0.25, -0.2) is 16.8 Å². The largest absolute Gasteiger partial charge is 0.379 e. The predicted molar refractivity (Wildman–Crippen MR) is 120 cm³/mol. The van der Waals surface area contributed by atoms with Gasteiger partial charge in [0.2, 0.25) is 10.0 Å². The number of hydrogen-bond donors (Lipinski definition) is 1. The Balaban J connectivity index is 1.58. The van der Waals surface area contributed by atoms with Crippen LogP contribution in [0.25, 0.3) is 0 Å². The zero-order valence-electron chi connectivity index (χ0n) is 16.8. The summed E-state index contributed by atoms with van der Waals surface area (Å²) < 4.78 is 60.6. The number of rotatable bonds is 6. The molecule has 2 saturated heterocycles. The van der Waals surface area contributed by atoms with Crippen molar-refractivity contribution in [1.82, 2.24) is 4.31 Å². The maximum absolute atomic E-state index is 13.0. The number of anilines is 2. The average Bonchev–Trinajstić information content (AvgIpc) is 3.29. The lowest BCUT2D eigenvalue weighted by Crippen LogP contribution is -2.40. The number of benzene rings is 2. The van der Waals surface area contributed by atoms with Crippen LogP contribution in [0.3, 0.4) is 0 Å². The third-order valence-electron chi connectivity index (χ3n) is 5.39. The van der Waals surface area contributed by atoms with Crippen LogP contribution in [0.4, 0.5) is 11.4 Å². The van der Waals surface area contributed by atoms with Crippen LogP contribution in [0.2, 0.25) is 5.02 Å². The first-order valence-electron chi connectivity index (χ1n) is 10.0. The lowest BCUT2D eigenvalue weighted by atomic mass is 10.2. The molecule has 168 valence electrons. The second kappa shape index (κ2) is 8.95. The van der Waals surface area contributed by atoms with Crippen molar-refractivity contribution in [1.29, 1.82) is 0 Å². The Labute approximate surface area is 187 Å². The molecular formula is C20H24ClN3O5S2. The van der Waals surface area contributed by atoms with Gasteiger partial charge < -0.3 is 9.64 Å². The highest BCUT2D eigenvalue weighted by molar-refractivity contribution is 7.92. The molecule has 2 aromatic carbocycles.